The predicted octanol–water partition coefficient (Wildman–Crippen LogP) is 4.61. The van der Waals surface area contributed by atoms with Gasteiger partial charge in [0, 0.05) is 60.6 Å². The number of aliphatic hydroxyl groups is 1. The molecule has 4 aromatic rings. The summed E-state index contributed by atoms with van der Waals surface area (Å²) in [5.41, 5.74) is 5.18. The number of carbonyl (C=O) groups excluding carboxylic acids is 1. The van der Waals surface area contributed by atoms with Gasteiger partial charge in [0.2, 0.25) is 5.95 Å². The Morgan fingerprint density at radius 3 is 2.46 bits per heavy atom. The number of amides is 1. The van der Waals surface area contributed by atoms with Crippen molar-refractivity contribution in [1.82, 2.24) is 14.9 Å². The molecule has 0 bridgehead atoms. The van der Waals surface area contributed by atoms with Crippen LogP contribution in [0.3, 0.4) is 0 Å². The maximum Gasteiger partial charge on any atom is 0.254 e. The molecule has 39 heavy (non-hydrogen) atoms. The summed E-state index contributed by atoms with van der Waals surface area (Å²) in [5.74, 6) is 1.21. The van der Waals surface area contributed by atoms with Gasteiger partial charge in [-0.2, -0.15) is 0 Å². The van der Waals surface area contributed by atoms with E-state index in [2.05, 4.69) is 37.6 Å². The molecule has 1 fully saturated rings. The molecule has 3 aromatic carbocycles. The average Bonchev–Trinajstić information content (AvgIpc) is 2.97. The molecule has 3 N–H and O–H groups in total. The molecule has 0 aliphatic carbocycles. The van der Waals surface area contributed by atoms with E-state index in [1.54, 1.807) is 26.3 Å². The van der Waals surface area contributed by atoms with Crippen LogP contribution in [0, 0.1) is 0 Å². The highest BCUT2D eigenvalue weighted by Crippen LogP contribution is 2.25. The number of anilines is 4. The third-order valence-electron chi connectivity index (χ3n) is 6.56. The van der Waals surface area contributed by atoms with Crippen LogP contribution < -0.4 is 20.3 Å². The minimum Gasteiger partial charge on any atom is -0.497 e. The van der Waals surface area contributed by atoms with Gasteiger partial charge in [-0.25, -0.2) is 9.97 Å². The van der Waals surface area contributed by atoms with Crippen molar-refractivity contribution >= 4 is 28.9 Å². The van der Waals surface area contributed by atoms with E-state index in [4.69, 9.17) is 4.74 Å². The van der Waals surface area contributed by atoms with E-state index < -0.39 is 6.23 Å². The number of piperazine rings is 1. The quantitative estimate of drug-likeness (QED) is 0.287. The van der Waals surface area contributed by atoms with Gasteiger partial charge in [-0.05, 0) is 61.5 Å². The third-order valence-corrected chi connectivity index (χ3v) is 6.56. The number of hydrogen-bond acceptors (Lipinski definition) is 8. The first-order valence-corrected chi connectivity index (χ1v) is 12.9. The first-order valence-electron chi connectivity index (χ1n) is 12.9. The Morgan fingerprint density at radius 2 is 1.72 bits per heavy atom. The molecule has 9 nitrogen and oxygen atoms in total. The normalized spacial score (nSPS) is 14.0. The van der Waals surface area contributed by atoms with Crippen LogP contribution in [-0.2, 0) is 0 Å². The molecule has 1 atom stereocenters. The van der Waals surface area contributed by atoms with Crippen molar-refractivity contribution in [3.05, 3.63) is 90.6 Å². The van der Waals surface area contributed by atoms with Crippen LogP contribution in [0.25, 0.3) is 11.3 Å². The Hall–Kier alpha value is -4.63. The lowest BCUT2D eigenvalue weighted by atomic mass is 10.1. The minimum atomic E-state index is -0.619. The zero-order chi connectivity index (χ0) is 27.2. The molecule has 200 valence electrons. The summed E-state index contributed by atoms with van der Waals surface area (Å²) >= 11 is 0. The van der Waals surface area contributed by atoms with Gasteiger partial charge in [-0.3, -0.25) is 4.79 Å². The SMILES string of the molecule is COc1cccc(C(=O)N2CCN(c3cccc(Nc4nccc(-c5ccc(NC(C)O)cc5)n4)c3)CC2)c1. The van der Waals surface area contributed by atoms with E-state index in [9.17, 15) is 9.90 Å². The van der Waals surface area contributed by atoms with Crippen molar-refractivity contribution < 1.29 is 14.6 Å². The maximum absolute atomic E-state index is 13.0. The van der Waals surface area contributed by atoms with Crippen molar-refractivity contribution in [2.45, 2.75) is 13.2 Å². The number of methoxy groups -OCH3 is 1. The Morgan fingerprint density at radius 1 is 0.949 bits per heavy atom. The molecular weight excluding hydrogens is 492 g/mol. The Labute approximate surface area is 228 Å². The molecule has 1 aliphatic rings. The van der Waals surface area contributed by atoms with Crippen LogP contribution in [0.2, 0.25) is 0 Å². The fourth-order valence-electron chi connectivity index (χ4n) is 4.57. The summed E-state index contributed by atoms with van der Waals surface area (Å²) in [5, 5.41) is 15.8. The number of nitrogens with one attached hydrogen (secondary N) is 2. The molecule has 1 saturated heterocycles. The summed E-state index contributed by atoms with van der Waals surface area (Å²) in [6.45, 7) is 4.45. The van der Waals surface area contributed by atoms with Crippen LogP contribution >= 0.6 is 0 Å². The molecule has 2 heterocycles. The number of aliphatic hydroxyl groups excluding tert-OH is 1. The van der Waals surface area contributed by atoms with E-state index in [0.29, 0.717) is 30.4 Å². The second-order valence-corrected chi connectivity index (χ2v) is 9.35. The molecule has 1 aromatic heterocycles. The standard InChI is InChI=1S/C30H32N6O3/c1-21(37)32-24-11-9-22(10-12-24)28-13-14-31-30(34-28)33-25-6-4-7-26(20-25)35-15-17-36(18-16-35)29(38)23-5-3-8-27(19-23)39-2/h3-14,19-21,32,37H,15-18H2,1-2H3,(H,31,33,34). The van der Waals surface area contributed by atoms with Crippen molar-refractivity contribution in [3.8, 4) is 17.0 Å². The summed E-state index contributed by atoms with van der Waals surface area (Å²) in [6.07, 6.45) is 1.11. The van der Waals surface area contributed by atoms with Crippen molar-refractivity contribution in [2.75, 3.05) is 48.8 Å². The summed E-state index contributed by atoms with van der Waals surface area (Å²) in [6, 6.07) is 25.0. The first kappa shape index (κ1) is 26.0. The van der Waals surface area contributed by atoms with Gasteiger partial charge >= 0.3 is 0 Å². The Bertz CT molecular complexity index is 1420. The largest absolute Gasteiger partial charge is 0.497 e. The molecular formula is C30H32N6O3. The van der Waals surface area contributed by atoms with Crippen LogP contribution in [0.15, 0.2) is 85.1 Å². The van der Waals surface area contributed by atoms with Crippen molar-refractivity contribution in [2.24, 2.45) is 0 Å². The number of hydrogen-bond donors (Lipinski definition) is 3. The van der Waals surface area contributed by atoms with E-state index in [1.807, 2.05) is 65.6 Å². The highest BCUT2D eigenvalue weighted by molar-refractivity contribution is 5.94. The minimum absolute atomic E-state index is 0.0230. The topological polar surface area (TPSA) is 103 Å². The van der Waals surface area contributed by atoms with Crippen molar-refractivity contribution in [3.63, 3.8) is 0 Å². The molecule has 9 heteroatoms. The van der Waals surface area contributed by atoms with Crippen LogP contribution in [0.4, 0.5) is 23.0 Å². The van der Waals surface area contributed by atoms with Gasteiger partial charge in [0.15, 0.2) is 0 Å². The van der Waals surface area contributed by atoms with Gasteiger partial charge in [0.05, 0.1) is 12.8 Å². The molecule has 1 amide bonds. The van der Waals surface area contributed by atoms with E-state index in [1.165, 1.54) is 0 Å². The monoisotopic (exact) mass is 524 g/mol. The molecule has 0 spiro atoms. The maximum atomic E-state index is 13.0. The zero-order valence-electron chi connectivity index (χ0n) is 22.0. The number of benzene rings is 3. The fourth-order valence-corrected chi connectivity index (χ4v) is 4.57. The number of aromatic nitrogens is 2. The highest BCUT2D eigenvalue weighted by Gasteiger charge is 2.23. The van der Waals surface area contributed by atoms with Gasteiger partial charge in [-0.15, -0.1) is 0 Å². The molecule has 1 unspecified atom stereocenters. The van der Waals surface area contributed by atoms with E-state index in [0.717, 1.165) is 41.4 Å². The van der Waals surface area contributed by atoms with Crippen molar-refractivity contribution in [1.29, 1.82) is 0 Å². The molecule has 5 rings (SSSR count). The van der Waals surface area contributed by atoms with Gasteiger partial charge in [-0.1, -0.05) is 24.3 Å². The lowest BCUT2D eigenvalue weighted by Crippen LogP contribution is -2.48. The first-order chi connectivity index (χ1) is 19.0. The third kappa shape index (κ3) is 6.45. The van der Waals surface area contributed by atoms with Gasteiger partial charge in [0.1, 0.15) is 12.0 Å². The summed E-state index contributed by atoms with van der Waals surface area (Å²) < 4.78 is 5.26. The molecule has 0 saturated carbocycles. The number of nitrogens with zero attached hydrogens (tertiary/aromatic N) is 4. The van der Waals surface area contributed by atoms with Crippen LogP contribution in [0.1, 0.15) is 17.3 Å². The van der Waals surface area contributed by atoms with E-state index in [-0.39, 0.29) is 5.91 Å². The lowest BCUT2D eigenvalue weighted by Gasteiger charge is -2.36. The summed E-state index contributed by atoms with van der Waals surface area (Å²) in [4.78, 5) is 26.2. The Kier molecular flexibility index (Phi) is 7.88. The van der Waals surface area contributed by atoms with Crippen LogP contribution in [-0.4, -0.2) is 65.4 Å². The Balaban J connectivity index is 1.22. The number of ether oxygens (including phenoxy) is 1. The van der Waals surface area contributed by atoms with Crippen LogP contribution in [0.5, 0.6) is 5.75 Å². The average molecular weight is 525 g/mol. The van der Waals surface area contributed by atoms with E-state index >= 15 is 0 Å². The summed E-state index contributed by atoms with van der Waals surface area (Å²) in [7, 11) is 1.60. The smallest absolute Gasteiger partial charge is 0.254 e. The number of rotatable bonds is 8. The lowest BCUT2D eigenvalue weighted by molar-refractivity contribution is 0.0746. The number of carbonyl (C=O) groups is 1. The second kappa shape index (κ2) is 11.8. The predicted molar refractivity (Wildman–Crippen MR) is 154 cm³/mol. The van der Waals surface area contributed by atoms with Gasteiger partial charge < -0.3 is 30.3 Å². The fraction of sp³-hybridized carbons (Fsp3) is 0.233. The highest BCUT2D eigenvalue weighted by atomic mass is 16.5. The molecule has 0 radical (unpaired) electrons. The zero-order valence-corrected chi connectivity index (χ0v) is 22.0. The molecule has 1 aliphatic heterocycles. The van der Waals surface area contributed by atoms with Gasteiger partial charge in [0.25, 0.3) is 5.91 Å². The second-order valence-electron chi connectivity index (χ2n) is 9.35.